The monoisotopic (exact) mass is 498 g/mol. The molecule has 1 aromatic carbocycles. The van der Waals surface area contributed by atoms with Gasteiger partial charge in [-0.25, -0.2) is 17.7 Å². The van der Waals surface area contributed by atoms with Crippen molar-refractivity contribution in [1.82, 2.24) is 28.6 Å². The van der Waals surface area contributed by atoms with Gasteiger partial charge in [-0.1, -0.05) is 6.07 Å². The number of rotatable bonds is 7. The molecular weight excluding hydrogens is 468 g/mol. The highest BCUT2D eigenvalue weighted by atomic mass is 32.2. The summed E-state index contributed by atoms with van der Waals surface area (Å²) in [5.74, 6) is 0.757. The van der Waals surface area contributed by atoms with Crippen LogP contribution >= 0.6 is 0 Å². The largest absolute Gasteiger partial charge is 0.339 e. The number of pyridine rings is 1. The first-order chi connectivity index (χ1) is 16.7. The van der Waals surface area contributed by atoms with Gasteiger partial charge in [0.1, 0.15) is 5.82 Å². The van der Waals surface area contributed by atoms with Crippen LogP contribution in [0.1, 0.15) is 17.9 Å². The third kappa shape index (κ3) is 5.35. The highest BCUT2D eigenvalue weighted by Gasteiger charge is 2.25. The molecule has 11 heteroatoms. The van der Waals surface area contributed by atoms with Crippen molar-refractivity contribution in [3.8, 4) is 0 Å². The predicted octanol–water partition coefficient (Wildman–Crippen LogP) is 1.06. The van der Waals surface area contributed by atoms with Crippen molar-refractivity contribution in [1.29, 1.82) is 0 Å². The van der Waals surface area contributed by atoms with Gasteiger partial charge < -0.3 is 14.4 Å². The number of amides is 2. The van der Waals surface area contributed by atoms with Gasteiger partial charge in [0.05, 0.1) is 22.3 Å². The lowest BCUT2D eigenvalue weighted by Crippen LogP contribution is -2.51. The van der Waals surface area contributed by atoms with Crippen LogP contribution in [0.5, 0.6) is 0 Å². The minimum atomic E-state index is -3.55. The number of nitrogens with zero attached hydrogens (tertiary/aromatic N) is 6. The number of fused-ring (bicyclic) bond motifs is 1. The molecule has 1 fully saturated rings. The molecule has 2 amide bonds. The Hall–Kier alpha value is -3.31. The van der Waals surface area contributed by atoms with E-state index in [9.17, 15) is 18.0 Å². The Labute approximate surface area is 205 Å². The van der Waals surface area contributed by atoms with Gasteiger partial charge in [-0.15, -0.1) is 0 Å². The fraction of sp³-hybridized carbons (Fsp3) is 0.417. The first-order valence-electron chi connectivity index (χ1n) is 11.5. The van der Waals surface area contributed by atoms with Gasteiger partial charge in [-0.3, -0.25) is 14.6 Å². The lowest BCUT2D eigenvalue weighted by Gasteiger charge is -2.34. The Morgan fingerprint density at radius 3 is 2.31 bits per heavy atom. The van der Waals surface area contributed by atoms with Crippen LogP contribution < -0.4 is 0 Å². The Balaban J connectivity index is 1.33. The molecule has 0 bridgehead atoms. The molecule has 3 aromatic rings. The number of sulfonamides is 1. The second-order valence-corrected chi connectivity index (χ2v) is 10.9. The van der Waals surface area contributed by atoms with Crippen LogP contribution in [0.15, 0.2) is 47.5 Å². The molecule has 0 radical (unpaired) electrons. The molecular formula is C24H30N6O4S. The fourth-order valence-electron chi connectivity index (χ4n) is 4.18. The van der Waals surface area contributed by atoms with Crippen molar-refractivity contribution in [3.05, 3.63) is 54.1 Å². The SMILES string of the molecule is CN(C)S(=O)(=O)c1ccc2c(c1)nc(CCC(=O)N1CCN(C(=O)Cc3ccccn3)CC1)n2C. The number of hydrogen-bond donors (Lipinski definition) is 0. The van der Waals surface area contributed by atoms with Gasteiger partial charge in [-0.2, -0.15) is 0 Å². The van der Waals surface area contributed by atoms with Crippen molar-refractivity contribution in [2.75, 3.05) is 40.3 Å². The fourth-order valence-corrected chi connectivity index (χ4v) is 5.10. The van der Waals surface area contributed by atoms with E-state index in [1.165, 1.54) is 18.4 Å². The van der Waals surface area contributed by atoms with E-state index in [1.807, 2.05) is 29.8 Å². The second kappa shape index (κ2) is 10.1. The summed E-state index contributed by atoms with van der Waals surface area (Å²) < 4.78 is 27.9. The number of piperazine rings is 1. The van der Waals surface area contributed by atoms with E-state index in [0.29, 0.717) is 44.5 Å². The van der Waals surface area contributed by atoms with Crippen molar-refractivity contribution >= 4 is 32.9 Å². The maximum Gasteiger partial charge on any atom is 0.242 e. The summed E-state index contributed by atoms with van der Waals surface area (Å²) in [6.45, 7) is 2.02. The molecule has 1 saturated heterocycles. The Kier molecular flexibility index (Phi) is 7.18. The summed E-state index contributed by atoms with van der Waals surface area (Å²) in [6.07, 6.45) is 2.67. The van der Waals surface area contributed by atoms with E-state index >= 15 is 0 Å². The van der Waals surface area contributed by atoms with E-state index < -0.39 is 10.0 Å². The van der Waals surface area contributed by atoms with Crippen molar-refractivity contribution in [2.45, 2.75) is 24.2 Å². The molecule has 3 heterocycles. The molecule has 35 heavy (non-hydrogen) atoms. The second-order valence-electron chi connectivity index (χ2n) is 8.78. The third-order valence-corrected chi connectivity index (χ3v) is 8.14. The van der Waals surface area contributed by atoms with Crippen LogP contribution in [0.4, 0.5) is 0 Å². The molecule has 0 saturated carbocycles. The highest BCUT2D eigenvalue weighted by molar-refractivity contribution is 7.89. The van der Waals surface area contributed by atoms with E-state index in [2.05, 4.69) is 9.97 Å². The van der Waals surface area contributed by atoms with Gasteiger partial charge in [0.2, 0.25) is 21.8 Å². The molecule has 0 unspecified atom stereocenters. The standard InChI is InChI=1S/C24H30N6O4S/c1-27(2)35(33,34)19-7-8-21-20(17-19)26-22(28(21)3)9-10-23(31)29-12-14-30(15-13-29)24(32)16-18-6-4-5-11-25-18/h4-8,11,17H,9-10,12-16H2,1-3H3. The first-order valence-corrected chi connectivity index (χ1v) is 12.9. The summed E-state index contributed by atoms with van der Waals surface area (Å²) in [5, 5.41) is 0. The van der Waals surface area contributed by atoms with Crippen LogP contribution in [0.3, 0.4) is 0 Å². The summed E-state index contributed by atoms with van der Waals surface area (Å²) in [6, 6.07) is 10.4. The zero-order chi connectivity index (χ0) is 25.2. The quantitative estimate of drug-likeness (QED) is 0.482. The third-order valence-electron chi connectivity index (χ3n) is 6.33. The first kappa shape index (κ1) is 24.8. The number of hydrogen-bond acceptors (Lipinski definition) is 6. The van der Waals surface area contributed by atoms with Gasteiger partial charge in [0.25, 0.3) is 0 Å². The average Bonchev–Trinajstić information content (AvgIpc) is 3.17. The van der Waals surface area contributed by atoms with Crippen LogP contribution in [-0.4, -0.2) is 89.1 Å². The van der Waals surface area contributed by atoms with Crippen LogP contribution in [0.25, 0.3) is 11.0 Å². The zero-order valence-electron chi connectivity index (χ0n) is 20.2. The maximum absolute atomic E-state index is 12.8. The molecule has 2 aromatic heterocycles. The normalized spacial score (nSPS) is 14.6. The summed E-state index contributed by atoms with van der Waals surface area (Å²) in [4.78, 5) is 37.9. The van der Waals surface area contributed by atoms with Gasteiger partial charge >= 0.3 is 0 Å². The molecule has 0 spiro atoms. The number of carbonyl (C=O) groups is 2. The molecule has 1 aliphatic heterocycles. The molecule has 186 valence electrons. The average molecular weight is 499 g/mol. The Morgan fingerprint density at radius 2 is 1.69 bits per heavy atom. The summed E-state index contributed by atoms with van der Waals surface area (Å²) >= 11 is 0. The van der Waals surface area contributed by atoms with E-state index in [0.717, 1.165) is 17.0 Å². The molecule has 0 N–H and O–H groups in total. The number of benzene rings is 1. The molecule has 1 aliphatic rings. The smallest absolute Gasteiger partial charge is 0.242 e. The predicted molar refractivity (Wildman–Crippen MR) is 131 cm³/mol. The minimum Gasteiger partial charge on any atom is -0.339 e. The molecule has 0 aliphatic carbocycles. The van der Waals surface area contributed by atoms with Gasteiger partial charge in [0, 0.05) is 72.1 Å². The van der Waals surface area contributed by atoms with E-state index in [4.69, 9.17) is 0 Å². The van der Waals surface area contributed by atoms with Gasteiger partial charge in [0.15, 0.2) is 0 Å². The van der Waals surface area contributed by atoms with Crippen molar-refractivity contribution in [3.63, 3.8) is 0 Å². The van der Waals surface area contributed by atoms with E-state index in [1.54, 1.807) is 34.2 Å². The number of aryl methyl sites for hydroxylation is 2. The molecule has 10 nitrogen and oxygen atoms in total. The van der Waals surface area contributed by atoms with Crippen LogP contribution in [-0.2, 0) is 39.5 Å². The highest BCUT2D eigenvalue weighted by Crippen LogP contribution is 2.22. The van der Waals surface area contributed by atoms with Crippen LogP contribution in [0.2, 0.25) is 0 Å². The minimum absolute atomic E-state index is 0.0183. The number of carbonyl (C=O) groups excluding carboxylic acids is 2. The number of aromatic nitrogens is 3. The number of imidazole rings is 1. The lowest BCUT2D eigenvalue weighted by atomic mass is 10.2. The van der Waals surface area contributed by atoms with Crippen molar-refractivity contribution in [2.24, 2.45) is 7.05 Å². The zero-order valence-corrected chi connectivity index (χ0v) is 21.0. The topological polar surface area (TPSA) is 109 Å². The van der Waals surface area contributed by atoms with Crippen LogP contribution in [0, 0.1) is 0 Å². The van der Waals surface area contributed by atoms with Crippen molar-refractivity contribution < 1.29 is 18.0 Å². The lowest BCUT2D eigenvalue weighted by molar-refractivity contribution is -0.139. The summed E-state index contributed by atoms with van der Waals surface area (Å²) in [7, 11) is 1.30. The Bertz CT molecular complexity index is 1330. The molecule has 0 atom stereocenters. The van der Waals surface area contributed by atoms with E-state index in [-0.39, 0.29) is 23.1 Å². The Morgan fingerprint density at radius 1 is 1.00 bits per heavy atom. The van der Waals surface area contributed by atoms with Gasteiger partial charge in [-0.05, 0) is 30.3 Å². The summed E-state index contributed by atoms with van der Waals surface area (Å²) in [5.41, 5.74) is 2.13. The maximum atomic E-state index is 12.8. The molecule has 4 rings (SSSR count).